The summed E-state index contributed by atoms with van der Waals surface area (Å²) in [6.07, 6.45) is 2.17. The van der Waals surface area contributed by atoms with E-state index in [1.165, 1.54) is 17.1 Å². The molecule has 19 heavy (non-hydrogen) atoms. The van der Waals surface area contributed by atoms with Crippen LogP contribution in [0, 0.1) is 5.82 Å². The van der Waals surface area contributed by atoms with Crippen LogP contribution in [-0.4, -0.2) is 22.3 Å². The second-order valence-electron chi connectivity index (χ2n) is 4.40. The SMILES string of the molecule is Nc1nccc(C(=O)N2CCc3sccc3C2)c1F. The average molecular weight is 277 g/mol. The van der Waals surface area contributed by atoms with Gasteiger partial charge in [-0.3, -0.25) is 4.79 Å². The topological polar surface area (TPSA) is 59.2 Å². The van der Waals surface area contributed by atoms with Crippen LogP contribution in [0.15, 0.2) is 23.7 Å². The number of nitrogens with two attached hydrogens (primary N) is 1. The summed E-state index contributed by atoms with van der Waals surface area (Å²) in [4.78, 5) is 18.9. The van der Waals surface area contributed by atoms with Gasteiger partial charge in [-0.25, -0.2) is 9.37 Å². The Morgan fingerprint density at radius 1 is 1.47 bits per heavy atom. The standard InChI is InChI=1S/C13H12FN3OS/c14-11-9(1-4-16-12(11)15)13(18)17-5-2-10-8(7-17)3-6-19-10/h1,3-4,6H,2,5,7H2,(H2,15,16). The summed E-state index contributed by atoms with van der Waals surface area (Å²) in [5, 5.41) is 2.02. The van der Waals surface area contributed by atoms with Gasteiger partial charge in [0.05, 0.1) is 5.56 Å². The molecule has 98 valence electrons. The lowest BCUT2D eigenvalue weighted by Crippen LogP contribution is -2.35. The fourth-order valence-corrected chi connectivity index (χ4v) is 3.11. The zero-order chi connectivity index (χ0) is 13.4. The maximum atomic E-state index is 13.8. The van der Waals surface area contributed by atoms with Crippen LogP contribution in [0.3, 0.4) is 0 Å². The predicted molar refractivity (Wildman–Crippen MR) is 71.4 cm³/mol. The van der Waals surface area contributed by atoms with E-state index < -0.39 is 5.82 Å². The molecule has 1 amide bonds. The van der Waals surface area contributed by atoms with E-state index in [9.17, 15) is 9.18 Å². The Morgan fingerprint density at radius 3 is 3.16 bits per heavy atom. The largest absolute Gasteiger partial charge is 0.381 e. The fraction of sp³-hybridized carbons (Fsp3) is 0.231. The lowest BCUT2D eigenvalue weighted by Gasteiger charge is -2.27. The van der Waals surface area contributed by atoms with E-state index in [1.54, 1.807) is 16.2 Å². The molecule has 2 aromatic rings. The second-order valence-corrected chi connectivity index (χ2v) is 5.40. The first-order valence-corrected chi connectivity index (χ1v) is 6.79. The molecule has 1 aliphatic rings. The zero-order valence-corrected chi connectivity index (χ0v) is 10.9. The number of carbonyl (C=O) groups excluding carboxylic acids is 1. The summed E-state index contributed by atoms with van der Waals surface area (Å²) in [6.45, 7) is 1.13. The monoisotopic (exact) mass is 277 g/mol. The van der Waals surface area contributed by atoms with Crippen LogP contribution >= 0.6 is 11.3 Å². The molecule has 0 fully saturated rings. The summed E-state index contributed by atoms with van der Waals surface area (Å²) in [5.41, 5.74) is 6.53. The third-order valence-electron chi connectivity index (χ3n) is 3.24. The minimum Gasteiger partial charge on any atom is -0.381 e. The Hall–Kier alpha value is -1.95. The van der Waals surface area contributed by atoms with Crippen molar-refractivity contribution >= 4 is 23.1 Å². The van der Waals surface area contributed by atoms with Crippen molar-refractivity contribution in [3.63, 3.8) is 0 Å². The number of amides is 1. The van der Waals surface area contributed by atoms with Gasteiger partial charge in [0.2, 0.25) is 0 Å². The Labute approximate surface area is 113 Å². The molecule has 4 nitrogen and oxygen atoms in total. The number of carbonyl (C=O) groups is 1. The number of nitrogens with zero attached hydrogens (tertiary/aromatic N) is 2. The van der Waals surface area contributed by atoms with Gasteiger partial charge in [-0.1, -0.05) is 0 Å². The number of thiophene rings is 1. The van der Waals surface area contributed by atoms with Gasteiger partial charge in [0.15, 0.2) is 11.6 Å². The van der Waals surface area contributed by atoms with Crippen molar-refractivity contribution in [2.24, 2.45) is 0 Å². The van der Waals surface area contributed by atoms with Gasteiger partial charge in [0.1, 0.15) is 0 Å². The number of aromatic nitrogens is 1. The molecule has 2 aromatic heterocycles. The van der Waals surface area contributed by atoms with Gasteiger partial charge in [0, 0.05) is 24.2 Å². The molecule has 1 aliphatic heterocycles. The molecular formula is C13H12FN3OS. The van der Waals surface area contributed by atoms with E-state index in [0.29, 0.717) is 13.1 Å². The first kappa shape index (κ1) is 12.1. The summed E-state index contributed by atoms with van der Waals surface area (Å²) in [6, 6.07) is 3.38. The van der Waals surface area contributed by atoms with Crippen LogP contribution in [0.4, 0.5) is 10.2 Å². The van der Waals surface area contributed by atoms with Gasteiger partial charge in [0.25, 0.3) is 5.91 Å². The summed E-state index contributed by atoms with van der Waals surface area (Å²) >= 11 is 1.70. The molecule has 3 rings (SSSR count). The number of anilines is 1. The highest BCUT2D eigenvalue weighted by atomic mass is 32.1. The van der Waals surface area contributed by atoms with Crippen molar-refractivity contribution in [2.75, 3.05) is 12.3 Å². The highest BCUT2D eigenvalue weighted by molar-refractivity contribution is 7.10. The van der Waals surface area contributed by atoms with Gasteiger partial charge >= 0.3 is 0 Å². The molecule has 0 spiro atoms. The molecule has 0 radical (unpaired) electrons. The van der Waals surface area contributed by atoms with E-state index in [1.807, 2.05) is 11.4 Å². The Bertz CT molecular complexity index is 641. The number of pyridine rings is 1. The van der Waals surface area contributed by atoms with E-state index >= 15 is 0 Å². The number of fused-ring (bicyclic) bond motifs is 1. The average Bonchev–Trinajstić information content (AvgIpc) is 2.88. The Balaban J connectivity index is 1.88. The smallest absolute Gasteiger partial charge is 0.257 e. The van der Waals surface area contributed by atoms with Crippen LogP contribution in [-0.2, 0) is 13.0 Å². The summed E-state index contributed by atoms with van der Waals surface area (Å²) < 4.78 is 13.8. The summed E-state index contributed by atoms with van der Waals surface area (Å²) in [5.74, 6) is -1.30. The predicted octanol–water partition coefficient (Wildman–Crippen LogP) is 2.06. The second kappa shape index (κ2) is 4.62. The van der Waals surface area contributed by atoms with Crippen LogP contribution < -0.4 is 5.73 Å². The molecule has 6 heteroatoms. The third-order valence-corrected chi connectivity index (χ3v) is 4.26. The van der Waals surface area contributed by atoms with E-state index in [2.05, 4.69) is 4.98 Å². The van der Waals surface area contributed by atoms with Gasteiger partial charge in [-0.2, -0.15) is 0 Å². The van der Waals surface area contributed by atoms with Crippen molar-refractivity contribution in [3.05, 3.63) is 45.5 Å². The maximum Gasteiger partial charge on any atom is 0.257 e. The lowest BCUT2D eigenvalue weighted by atomic mass is 10.1. The van der Waals surface area contributed by atoms with Gasteiger partial charge in [-0.15, -0.1) is 11.3 Å². The molecule has 0 bridgehead atoms. The van der Waals surface area contributed by atoms with Crippen molar-refractivity contribution in [2.45, 2.75) is 13.0 Å². The molecular weight excluding hydrogens is 265 g/mol. The highest BCUT2D eigenvalue weighted by Crippen LogP contribution is 2.25. The highest BCUT2D eigenvalue weighted by Gasteiger charge is 2.25. The molecule has 0 saturated heterocycles. The van der Waals surface area contributed by atoms with Crippen molar-refractivity contribution in [1.82, 2.24) is 9.88 Å². The summed E-state index contributed by atoms with van der Waals surface area (Å²) in [7, 11) is 0. The first-order valence-electron chi connectivity index (χ1n) is 5.91. The minimum absolute atomic E-state index is 0.00817. The number of rotatable bonds is 1. The zero-order valence-electron chi connectivity index (χ0n) is 10.1. The Kier molecular flexibility index (Phi) is 2.94. The quantitative estimate of drug-likeness (QED) is 0.868. The molecule has 0 unspecified atom stereocenters. The van der Waals surface area contributed by atoms with Crippen LogP contribution in [0.5, 0.6) is 0 Å². The number of hydrogen-bond acceptors (Lipinski definition) is 4. The van der Waals surface area contributed by atoms with Crippen molar-refractivity contribution in [1.29, 1.82) is 0 Å². The number of halogens is 1. The van der Waals surface area contributed by atoms with Gasteiger partial charge in [-0.05, 0) is 29.5 Å². The third kappa shape index (κ3) is 2.08. The first-order chi connectivity index (χ1) is 9.16. The van der Waals surface area contributed by atoms with E-state index in [4.69, 9.17) is 5.73 Å². The Morgan fingerprint density at radius 2 is 2.32 bits per heavy atom. The lowest BCUT2D eigenvalue weighted by molar-refractivity contribution is 0.0731. The fourth-order valence-electron chi connectivity index (χ4n) is 2.22. The number of hydrogen-bond donors (Lipinski definition) is 1. The number of nitrogen functional groups attached to an aromatic ring is 1. The molecule has 0 atom stereocenters. The molecule has 0 saturated carbocycles. The molecule has 0 aromatic carbocycles. The molecule has 0 aliphatic carbocycles. The van der Waals surface area contributed by atoms with Crippen LogP contribution in [0.25, 0.3) is 0 Å². The normalized spacial score (nSPS) is 14.3. The van der Waals surface area contributed by atoms with Gasteiger partial charge < -0.3 is 10.6 Å². The van der Waals surface area contributed by atoms with E-state index in [-0.39, 0.29) is 17.3 Å². The molecule has 2 N–H and O–H groups in total. The molecule has 3 heterocycles. The van der Waals surface area contributed by atoms with Crippen molar-refractivity contribution in [3.8, 4) is 0 Å². The van der Waals surface area contributed by atoms with Crippen LogP contribution in [0.1, 0.15) is 20.8 Å². The maximum absolute atomic E-state index is 13.8. The minimum atomic E-state index is -0.733. The van der Waals surface area contributed by atoms with E-state index in [0.717, 1.165) is 12.0 Å². The van der Waals surface area contributed by atoms with Crippen LogP contribution in [0.2, 0.25) is 0 Å². The van der Waals surface area contributed by atoms with Crippen molar-refractivity contribution < 1.29 is 9.18 Å².